The summed E-state index contributed by atoms with van der Waals surface area (Å²) in [7, 11) is 0. The van der Waals surface area contributed by atoms with Crippen LogP contribution < -0.4 is 4.90 Å². The van der Waals surface area contributed by atoms with Gasteiger partial charge >= 0.3 is 0 Å². The summed E-state index contributed by atoms with van der Waals surface area (Å²) in [4.78, 5) is 6.27. The molecule has 2 nitrogen and oxygen atoms in total. The van der Waals surface area contributed by atoms with Crippen molar-refractivity contribution in [1.82, 2.24) is 4.98 Å². The third-order valence-corrected chi connectivity index (χ3v) is 6.05. The highest BCUT2D eigenvalue weighted by atomic mass is 15.2. The number of nitrogens with one attached hydrogen (secondary N) is 1. The van der Waals surface area contributed by atoms with E-state index >= 15 is 0 Å². The molecule has 4 aromatic rings. The summed E-state index contributed by atoms with van der Waals surface area (Å²) >= 11 is 0. The van der Waals surface area contributed by atoms with E-state index < -0.39 is 0 Å². The van der Waals surface area contributed by atoms with Gasteiger partial charge in [-0.2, -0.15) is 0 Å². The average molecular weight is 336 g/mol. The Bertz CT molecular complexity index is 1170. The Morgan fingerprint density at radius 1 is 0.808 bits per heavy atom. The van der Waals surface area contributed by atoms with Crippen LogP contribution >= 0.6 is 0 Å². The van der Waals surface area contributed by atoms with E-state index in [-0.39, 0.29) is 0 Å². The number of hydrogen-bond donors (Lipinski definition) is 1. The van der Waals surface area contributed by atoms with Crippen LogP contribution in [0.5, 0.6) is 0 Å². The first-order chi connectivity index (χ1) is 12.9. The molecule has 1 aromatic heterocycles. The van der Waals surface area contributed by atoms with Crippen molar-refractivity contribution in [3.8, 4) is 0 Å². The van der Waals surface area contributed by atoms with Crippen molar-refractivity contribution in [3.05, 3.63) is 84.4 Å². The first-order valence-electron chi connectivity index (χ1n) is 9.46. The molecular weight excluding hydrogens is 316 g/mol. The number of benzene rings is 3. The summed E-state index contributed by atoms with van der Waals surface area (Å²) in [6, 6.07) is 24.7. The van der Waals surface area contributed by atoms with Gasteiger partial charge in [0.2, 0.25) is 0 Å². The lowest BCUT2D eigenvalue weighted by Gasteiger charge is -2.31. The number of aromatic nitrogens is 1. The van der Waals surface area contributed by atoms with E-state index in [1.165, 1.54) is 45.2 Å². The van der Waals surface area contributed by atoms with Crippen LogP contribution in [0.15, 0.2) is 78.9 Å². The maximum Gasteiger partial charge on any atom is 0.0706 e. The molecule has 3 aromatic carbocycles. The number of para-hydroxylation sites is 3. The Kier molecular flexibility index (Phi) is 2.87. The Balaban J connectivity index is 1.64. The van der Waals surface area contributed by atoms with Crippen LogP contribution in [0.25, 0.3) is 21.8 Å². The second-order valence-corrected chi connectivity index (χ2v) is 7.40. The van der Waals surface area contributed by atoms with Crippen LogP contribution in [0.2, 0.25) is 0 Å². The molecule has 2 aliphatic rings. The average Bonchev–Trinajstić information content (AvgIpc) is 3.24. The van der Waals surface area contributed by atoms with Crippen molar-refractivity contribution in [3.63, 3.8) is 0 Å². The zero-order chi connectivity index (χ0) is 17.1. The van der Waals surface area contributed by atoms with Gasteiger partial charge in [-0.05, 0) is 36.6 Å². The van der Waals surface area contributed by atoms with Crippen LogP contribution in [0.4, 0.5) is 11.4 Å². The van der Waals surface area contributed by atoms with Gasteiger partial charge in [-0.15, -0.1) is 0 Å². The normalized spacial score (nSPS) is 21.3. The minimum absolute atomic E-state index is 0.500. The third kappa shape index (κ3) is 1.82. The highest BCUT2D eigenvalue weighted by Crippen LogP contribution is 2.50. The molecule has 126 valence electrons. The molecule has 0 bridgehead atoms. The maximum atomic E-state index is 3.69. The zero-order valence-electron chi connectivity index (χ0n) is 14.5. The molecule has 6 rings (SSSR count). The van der Waals surface area contributed by atoms with Gasteiger partial charge in [-0.1, -0.05) is 60.7 Å². The van der Waals surface area contributed by atoms with E-state index in [1.807, 2.05) is 0 Å². The SMILES string of the molecule is C1=CC2c3ccccc3N(c3cccc4c3[nH]c3ccccc34)C2CC1. The predicted molar refractivity (Wildman–Crippen MR) is 109 cm³/mol. The summed E-state index contributed by atoms with van der Waals surface area (Å²) in [5.74, 6) is 0.500. The van der Waals surface area contributed by atoms with Crippen molar-refractivity contribution < 1.29 is 0 Å². The highest BCUT2D eigenvalue weighted by Gasteiger charge is 2.39. The fourth-order valence-corrected chi connectivity index (χ4v) is 4.95. The Labute approximate surface area is 152 Å². The first-order valence-corrected chi connectivity index (χ1v) is 9.46. The van der Waals surface area contributed by atoms with Crippen LogP contribution in [0, 0.1) is 0 Å². The van der Waals surface area contributed by atoms with Gasteiger partial charge in [0.15, 0.2) is 0 Å². The highest BCUT2D eigenvalue weighted by molar-refractivity contribution is 6.12. The van der Waals surface area contributed by atoms with Gasteiger partial charge in [0.25, 0.3) is 0 Å². The van der Waals surface area contributed by atoms with Gasteiger partial charge in [0.05, 0.1) is 11.2 Å². The molecule has 2 heteroatoms. The topological polar surface area (TPSA) is 19.0 Å². The molecule has 0 saturated carbocycles. The summed E-state index contributed by atoms with van der Waals surface area (Å²) in [5.41, 5.74) is 6.58. The monoisotopic (exact) mass is 336 g/mol. The number of nitrogens with zero attached hydrogens (tertiary/aromatic N) is 1. The first kappa shape index (κ1) is 14.2. The summed E-state index contributed by atoms with van der Waals surface area (Å²) in [5, 5.41) is 2.61. The number of fused-ring (bicyclic) bond motifs is 6. The second-order valence-electron chi connectivity index (χ2n) is 7.40. The number of H-pyrrole nitrogens is 1. The third-order valence-electron chi connectivity index (χ3n) is 6.05. The minimum atomic E-state index is 0.500. The van der Waals surface area contributed by atoms with Crippen molar-refractivity contribution in [2.24, 2.45) is 0 Å². The van der Waals surface area contributed by atoms with Gasteiger partial charge in [0, 0.05) is 33.9 Å². The number of rotatable bonds is 1. The van der Waals surface area contributed by atoms with Crippen molar-refractivity contribution in [2.75, 3.05) is 4.90 Å². The quantitative estimate of drug-likeness (QED) is 0.406. The van der Waals surface area contributed by atoms with Gasteiger partial charge < -0.3 is 9.88 Å². The van der Waals surface area contributed by atoms with E-state index in [0.717, 1.165) is 6.42 Å². The lowest BCUT2D eigenvalue weighted by molar-refractivity contribution is 0.566. The standard InChI is InChI=1S/C24H20N2/c1-4-12-20-16(8-1)19-11-7-15-23(24(19)25-20)26-21-13-5-2-9-17(21)18-10-3-6-14-22(18)26/h1-5,7-13,15,18,22,25H,6,14H2. The fraction of sp³-hybridized carbons (Fsp3) is 0.167. The second kappa shape index (κ2) is 5.25. The Morgan fingerprint density at radius 2 is 1.62 bits per heavy atom. The van der Waals surface area contributed by atoms with E-state index in [9.17, 15) is 0 Å². The number of hydrogen-bond acceptors (Lipinski definition) is 1. The molecule has 0 fully saturated rings. The molecule has 1 N–H and O–H groups in total. The van der Waals surface area contributed by atoms with Gasteiger partial charge in [-0.3, -0.25) is 0 Å². The predicted octanol–water partition coefficient (Wildman–Crippen LogP) is 6.28. The number of anilines is 2. The summed E-state index contributed by atoms with van der Waals surface area (Å²) in [6.45, 7) is 0. The molecule has 0 saturated heterocycles. The van der Waals surface area contributed by atoms with Gasteiger partial charge in [-0.25, -0.2) is 0 Å². The van der Waals surface area contributed by atoms with Crippen LogP contribution in [-0.4, -0.2) is 11.0 Å². The van der Waals surface area contributed by atoms with Crippen LogP contribution in [0.3, 0.4) is 0 Å². The Hall–Kier alpha value is -3.00. The van der Waals surface area contributed by atoms with E-state index in [2.05, 4.69) is 88.8 Å². The summed E-state index contributed by atoms with van der Waals surface area (Å²) < 4.78 is 0. The van der Waals surface area contributed by atoms with Crippen molar-refractivity contribution in [2.45, 2.75) is 24.8 Å². The zero-order valence-corrected chi connectivity index (χ0v) is 14.5. The molecule has 2 unspecified atom stereocenters. The molecule has 1 aliphatic heterocycles. The van der Waals surface area contributed by atoms with E-state index in [0.29, 0.717) is 12.0 Å². The molecule has 26 heavy (non-hydrogen) atoms. The molecule has 2 atom stereocenters. The molecule has 0 spiro atoms. The van der Waals surface area contributed by atoms with Crippen LogP contribution in [0.1, 0.15) is 24.3 Å². The largest absolute Gasteiger partial charge is 0.353 e. The molecular formula is C24H20N2. The maximum absolute atomic E-state index is 3.69. The smallest absolute Gasteiger partial charge is 0.0706 e. The number of aromatic amines is 1. The lowest BCUT2D eigenvalue weighted by Crippen LogP contribution is -2.31. The number of allylic oxidation sites excluding steroid dienone is 1. The van der Waals surface area contributed by atoms with Crippen LogP contribution in [-0.2, 0) is 0 Å². The fourth-order valence-electron chi connectivity index (χ4n) is 4.95. The van der Waals surface area contributed by atoms with Crippen molar-refractivity contribution >= 4 is 33.2 Å². The summed E-state index contributed by atoms with van der Waals surface area (Å²) in [6.07, 6.45) is 7.13. The Morgan fingerprint density at radius 3 is 2.62 bits per heavy atom. The molecule has 0 amide bonds. The minimum Gasteiger partial charge on any atom is -0.353 e. The van der Waals surface area contributed by atoms with E-state index in [1.54, 1.807) is 0 Å². The van der Waals surface area contributed by atoms with Crippen molar-refractivity contribution in [1.29, 1.82) is 0 Å². The lowest BCUT2D eigenvalue weighted by atomic mass is 9.87. The van der Waals surface area contributed by atoms with Gasteiger partial charge in [0.1, 0.15) is 0 Å². The molecule has 2 heterocycles. The van der Waals surface area contributed by atoms with E-state index in [4.69, 9.17) is 0 Å². The molecule has 1 aliphatic carbocycles. The molecule has 0 radical (unpaired) electrons.